The number of pyridine rings is 1. The molecule has 1 amide bonds. The van der Waals surface area contributed by atoms with Gasteiger partial charge in [-0.3, -0.25) is 19.1 Å². The van der Waals surface area contributed by atoms with Crippen molar-refractivity contribution < 1.29 is 4.79 Å². The number of amides is 1. The van der Waals surface area contributed by atoms with E-state index >= 15 is 0 Å². The lowest BCUT2D eigenvalue weighted by molar-refractivity contribution is -0.116. The van der Waals surface area contributed by atoms with Gasteiger partial charge < -0.3 is 9.88 Å². The highest BCUT2D eigenvalue weighted by Crippen LogP contribution is 2.20. The second kappa shape index (κ2) is 7.94. The van der Waals surface area contributed by atoms with E-state index in [1.165, 1.54) is 4.68 Å². The Morgan fingerprint density at radius 2 is 1.36 bits per heavy atom. The van der Waals surface area contributed by atoms with Gasteiger partial charge in [-0.1, -0.05) is 42.5 Å². The van der Waals surface area contributed by atoms with Gasteiger partial charge in [0.15, 0.2) is 5.43 Å². The van der Waals surface area contributed by atoms with Gasteiger partial charge in [0.25, 0.3) is 5.56 Å². The van der Waals surface area contributed by atoms with E-state index in [1.54, 1.807) is 30.8 Å². The second-order valence-corrected chi connectivity index (χ2v) is 7.93. The van der Waals surface area contributed by atoms with Gasteiger partial charge in [-0.25, -0.2) is 4.68 Å². The first kappa shape index (κ1) is 20.5. The number of rotatable bonds is 4. The van der Waals surface area contributed by atoms with Crippen LogP contribution < -0.4 is 16.3 Å². The minimum absolute atomic E-state index is 0.0413. The molecule has 0 fully saturated rings. The Morgan fingerprint density at radius 3 is 1.97 bits per heavy atom. The first-order valence-electron chi connectivity index (χ1n) is 10.6. The smallest absolute Gasteiger partial charge is 0.295 e. The summed E-state index contributed by atoms with van der Waals surface area (Å²) in [5.41, 5.74) is 2.57. The van der Waals surface area contributed by atoms with Crippen molar-refractivity contribution in [3.05, 3.63) is 105 Å². The van der Waals surface area contributed by atoms with Crippen molar-refractivity contribution in [2.45, 2.75) is 13.5 Å². The third-order valence-electron chi connectivity index (χ3n) is 6.00. The van der Waals surface area contributed by atoms with Gasteiger partial charge in [0.05, 0.1) is 22.4 Å². The van der Waals surface area contributed by atoms with Crippen LogP contribution in [0.2, 0.25) is 0 Å². The van der Waals surface area contributed by atoms with Gasteiger partial charge >= 0.3 is 0 Å². The minimum atomic E-state index is -0.347. The fourth-order valence-electron chi connectivity index (χ4n) is 4.28. The maximum atomic E-state index is 13.1. The molecule has 5 rings (SSSR count). The van der Waals surface area contributed by atoms with Crippen LogP contribution in [0.4, 0.5) is 5.69 Å². The predicted molar refractivity (Wildman–Crippen MR) is 130 cm³/mol. The highest BCUT2D eigenvalue weighted by molar-refractivity contribution is 5.97. The molecule has 5 aromatic rings. The average Bonchev–Trinajstić information content (AvgIpc) is 3.05. The van der Waals surface area contributed by atoms with E-state index in [2.05, 4.69) is 5.32 Å². The molecule has 3 aromatic carbocycles. The normalized spacial score (nSPS) is 11.2. The van der Waals surface area contributed by atoms with Gasteiger partial charge in [-0.15, -0.1) is 0 Å². The van der Waals surface area contributed by atoms with E-state index in [4.69, 9.17) is 0 Å². The van der Waals surface area contributed by atoms with Crippen LogP contribution in [0, 0.1) is 6.92 Å². The Balaban J connectivity index is 1.57. The van der Waals surface area contributed by atoms with Crippen LogP contribution in [0.5, 0.6) is 0 Å². The van der Waals surface area contributed by atoms with Gasteiger partial charge in [0.1, 0.15) is 12.2 Å². The zero-order chi connectivity index (χ0) is 23.1. The number of hydrogen-bond acceptors (Lipinski definition) is 3. The van der Waals surface area contributed by atoms with Crippen molar-refractivity contribution in [3.8, 4) is 5.69 Å². The van der Waals surface area contributed by atoms with Gasteiger partial charge in [0.2, 0.25) is 5.91 Å². The van der Waals surface area contributed by atoms with Crippen molar-refractivity contribution >= 4 is 33.4 Å². The lowest BCUT2D eigenvalue weighted by Gasteiger charge is -2.14. The summed E-state index contributed by atoms with van der Waals surface area (Å²) in [6, 6.07) is 23.7. The molecule has 0 radical (unpaired) electrons. The number of hydrogen-bond donors (Lipinski definition) is 1. The molecule has 0 aliphatic carbocycles. The molecular formula is C26H22N4O3. The first-order chi connectivity index (χ1) is 16.0. The zero-order valence-electron chi connectivity index (χ0n) is 18.3. The molecule has 2 aromatic heterocycles. The van der Waals surface area contributed by atoms with E-state index in [-0.39, 0.29) is 29.1 Å². The van der Waals surface area contributed by atoms with Crippen LogP contribution >= 0.6 is 0 Å². The average molecular weight is 438 g/mol. The van der Waals surface area contributed by atoms with Crippen LogP contribution in [0.25, 0.3) is 27.5 Å². The summed E-state index contributed by atoms with van der Waals surface area (Å²) in [5.74, 6) is -0.347. The molecule has 0 spiro atoms. The Hall–Kier alpha value is -4.39. The number of anilines is 1. The number of fused-ring (bicyclic) bond motifs is 2. The largest absolute Gasteiger partial charge is 0.331 e. The third kappa shape index (κ3) is 3.34. The second-order valence-electron chi connectivity index (χ2n) is 7.93. The molecule has 164 valence electrons. The molecule has 0 atom stereocenters. The summed E-state index contributed by atoms with van der Waals surface area (Å²) in [7, 11) is 1.78. The van der Waals surface area contributed by atoms with Gasteiger partial charge in [-0.05, 0) is 43.3 Å². The number of para-hydroxylation sites is 3. The summed E-state index contributed by atoms with van der Waals surface area (Å²) in [4.78, 5) is 39.2. The summed E-state index contributed by atoms with van der Waals surface area (Å²) in [6.07, 6.45) is 0. The van der Waals surface area contributed by atoms with Crippen LogP contribution in [-0.4, -0.2) is 19.8 Å². The van der Waals surface area contributed by atoms with E-state index in [1.807, 2.05) is 71.3 Å². The summed E-state index contributed by atoms with van der Waals surface area (Å²) < 4.78 is 5.06. The van der Waals surface area contributed by atoms with E-state index in [0.29, 0.717) is 33.2 Å². The Morgan fingerprint density at radius 1 is 0.818 bits per heavy atom. The standard InChI is InChI=1S/C26H22N4O3/c1-17-24(26(33)30(28(17)2)18-10-4-3-5-11-18)27-23(31)16-29-21-14-8-6-12-19(21)25(32)20-13-7-9-15-22(20)29/h3-15H,16H2,1-2H3,(H,27,31). The number of carbonyl (C=O) groups is 1. The summed E-state index contributed by atoms with van der Waals surface area (Å²) in [5, 5.41) is 3.90. The molecule has 7 nitrogen and oxygen atoms in total. The van der Waals surface area contributed by atoms with Crippen molar-refractivity contribution in [2.24, 2.45) is 7.05 Å². The monoisotopic (exact) mass is 438 g/mol. The van der Waals surface area contributed by atoms with Crippen LogP contribution in [-0.2, 0) is 18.4 Å². The minimum Gasteiger partial charge on any atom is -0.331 e. The molecule has 0 aliphatic heterocycles. The number of carbonyl (C=O) groups excluding carboxylic acids is 1. The van der Waals surface area contributed by atoms with Crippen molar-refractivity contribution in [1.82, 2.24) is 13.9 Å². The molecule has 0 saturated carbocycles. The number of aromatic nitrogens is 3. The molecule has 0 aliphatic rings. The van der Waals surface area contributed by atoms with Crippen LogP contribution in [0.15, 0.2) is 88.5 Å². The fraction of sp³-hybridized carbons (Fsp3) is 0.115. The van der Waals surface area contributed by atoms with Crippen molar-refractivity contribution in [3.63, 3.8) is 0 Å². The summed E-state index contributed by atoms with van der Waals surface area (Å²) in [6.45, 7) is 1.75. The fourth-order valence-corrected chi connectivity index (χ4v) is 4.28. The van der Waals surface area contributed by atoms with Gasteiger partial charge in [-0.2, -0.15) is 0 Å². The Kier molecular flexibility index (Phi) is 4.94. The predicted octanol–water partition coefficient (Wildman–Crippen LogP) is 3.59. The zero-order valence-corrected chi connectivity index (χ0v) is 18.3. The molecule has 33 heavy (non-hydrogen) atoms. The van der Waals surface area contributed by atoms with E-state index in [9.17, 15) is 14.4 Å². The maximum Gasteiger partial charge on any atom is 0.295 e. The molecule has 0 unspecified atom stereocenters. The van der Waals surface area contributed by atoms with E-state index in [0.717, 1.165) is 0 Å². The molecule has 1 N–H and O–H groups in total. The third-order valence-corrected chi connectivity index (χ3v) is 6.00. The lowest BCUT2D eigenvalue weighted by Crippen LogP contribution is -2.25. The molecule has 0 bridgehead atoms. The Bertz CT molecular complexity index is 1580. The highest BCUT2D eigenvalue weighted by atomic mass is 16.2. The van der Waals surface area contributed by atoms with Crippen molar-refractivity contribution in [1.29, 1.82) is 0 Å². The quantitative estimate of drug-likeness (QED) is 0.436. The topological polar surface area (TPSA) is 78.0 Å². The van der Waals surface area contributed by atoms with Gasteiger partial charge in [0, 0.05) is 17.8 Å². The number of nitrogens with one attached hydrogen (secondary N) is 1. The molecule has 2 heterocycles. The molecular weight excluding hydrogens is 416 g/mol. The first-order valence-corrected chi connectivity index (χ1v) is 10.6. The molecule has 0 saturated heterocycles. The summed E-state index contributed by atoms with van der Waals surface area (Å²) >= 11 is 0. The van der Waals surface area contributed by atoms with Crippen LogP contribution in [0.1, 0.15) is 5.69 Å². The maximum absolute atomic E-state index is 13.1. The SMILES string of the molecule is Cc1c(NC(=O)Cn2c3ccccc3c(=O)c3ccccc32)c(=O)n(-c2ccccc2)n1C. The van der Waals surface area contributed by atoms with E-state index < -0.39 is 0 Å². The number of benzene rings is 3. The lowest BCUT2D eigenvalue weighted by atomic mass is 10.1. The van der Waals surface area contributed by atoms with Crippen LogP contribution in [0.3, 0.4) is 0 Å². The molecule has 7 heteroatoms. The Labute approximate surface area is 189 Å². The highest BCUT2D eigenvalue weighted by Gasteiger charge is 2.19. The number of nitrogens with zero attached hydrogens (tertiary/aromatic N) is 3. The van der Waals surface area contributed by atoms with Crippen molar-refractivity contribution in [2.75, 3.05) is 5.32 Å².